The first-order chi connectivity index (χ1) is 10.0. The minimum Gasteiger partial charge on any atom is -0.338 e. The molecule has 8 heteroatoms. The first kappa shape index (κ1) is 14.5. The smallest absolute Gasteiger partial charge is 0.240 e. The summed E-state index contributed by atoms with van der Waals surface area (Å²) in [6.07, 6.45) is 0.619. The number of hydrogen-bond acceptors (Lipinski definition) is 6. The predicted octanol–water partition coefficient (Wildman–Crippen LogP) is 1.67. The molecule has 3 rings (SSSR count). The zero-order valence-corrected chi connectivity index (χ0v) is 12.7. The number of hydrogen-bond donors (Lipinski definition) is 1. The van der Waals surface area contributed by atoms with Crippen LogP contribution in [0.15, 0.2) is 28.8 Å². The summed E-state index contributed by atoms with van der Waals surface area (Å²) in [5.74, 6) is 1.24. The van der Waals surface area contributed by atoms with Gasteiger partial charge >= 0.3 is 0 Å². The van der Waals surface area contributed by atoms with Crippen molar-refractivity contribution in [3.8, 4) is 11.4 Å². The van der Waals surface area contributed by atoms with Crippen LogP contribution in [0, 0.1) is 0 Å². The van der Waals surface area contributed by atoms with Crippen molar-refractivity contribution >= 4 is 21.4 Å². The van der Waals surface area contributed by atoms with E-state index in [0.717, 1.165) is 0 Å². The van der Waals surface area contributed by atoms with Gasteiger partial charge in [0, 0.05) is 11.6 Å². The molecule has 1 aromatic heterocycles. The second-order valence-corrected chi connectivity index (χ2v) is 7.61. The molecule has 0 aliphatic carbocycles. The van der Waals surface area contributed by atoms with Gasteiger partial charge in [0.2, 0.25) is 11.7 Å². The lowest BCUT2D eigenvalue weighted by Gasteiger charge is -2.07. The van der Waals surface area contributed by atoms with Gasteiger partial charge in [-0.05, 0) is 18.6 Å². The lowest BCUT2D eigenvalue weighted by atomic mass is 10.2. The van der Waals surface area contributed by atoms with Crippen molar-refractivity contribution in [2.45, 2.75) is 19.0 Å². The highest BCUT2D eigenvalue weighted by Gasteiger charge is 2.27. The van der Waals surface area contributed by atoms with E-state index in [1.165, 1.54) is 0 Å². The van der Waals surface area contributed by atoms with Crippen molar-refractivity contribution < 1.29 is 12.9 Å². The Bertz CT molecular complexity index is 745. The number of aromatic nitrogens is 2. The van der Waals surface area contributed by atoms with Crippen molar-refractivity contribution in [1.29, 1.82) is 0 Å². The van der Waals surface area contributed by atoms with Gasteiger partial charge in [0.1, 0.15) is 0 Å². The molecule has 0 bridgehead atoms. The van der Waals surface area contributed by atoms with Gasteiger partial charge in [-0.2, -0.15) is 4.98 Å². The van der Waals surface area contributed by atoms with Gasteiger partial charge in [-0.3, -0.25) is 0 Å². The molecule has 1 aliphatic rings. The monoisotopic (exact) mass is 327 g/mol. The Kier molecular flexibility index (Phi) is 3.97. The van der Waals surface area contributed by atoms with Crippen LogP contribution in [0.4, 0.5) is 0 Å². The Balaban J connectivity index is 1.65. The number of rotatable bonds is 4. The van der Waals surface area contributed by atoms with Gasteiger partial charge in [-0.15, -0.1) is 0 Å². The summed E-state index contributed by atoms with van der Waals surface area (Å²) < 4.78 is 27.9. The van der Waals surface area contributed by atoms with E-state index in [1.807, 2.05) is 18.2 Å². The maximum Gasteiger partial charge on any atom is 0.240 e. The summed E-state index contributed by atoms with van der Waals surface area (Å²) in [6, 6.07) is 7.20. The Morgan fingerprint density at radius 2 is 2.19 bits per heavy atom. The summed E-state index contributed by atoms with van der Waals surface area (Å²) in [5.41, 5.74) is 0.706. The normalized spacial score (nSPS) is 20.7. The summed E-state index contributed by atoms with van der Waals surface area (Å²) >= 11 is 6.08. The second kappa shape index (κ2) is 5.75. The van der Waals surface area contributed by atoms with E-state index in [2.05, 4.69) is 15.5 Å². The van der Waals surface area contributed by atoms with E-state index in [4.69, 9.17) is 16.1 Å². The Morgan fingerprint density at radius 1 is 1.38 bits per heavy atom. The molecule has 1 saturated heterocycles. The number of sulfone groups is 1. The molecule has 112 valence electrons. The molecule has 1 N–H and O–H groups in total. The molecular weight excluding hydrogens is 314 g/mol. The fourth-order valence-corrected chi connectivity index (χ4v) is 4.19. The third-order valence-electron chi connectivity index (χ3n) is 3.36. The maximum atomic E-state index is 11.4. The zero-order valence-electron chi connectivity index (χ0n) is 11.1. The number of nitrogens with zero attached hydrogens (tertiary/aromatic N) is 2. The molecule has 1 atom stereocenters. The standard InChI is InChI=1S/C13H14ClN3O3S/c14-11-4-2-1-3-10(11)13-16-12(20-17-13)7-15-9-5-6-21(18,19)8-9/h1-4,9,15H,5-8H2. The molecule has 1 aliphatic heterocycles. The van der Waals surface area contributed by atoms with Gasteiger partial charge in [0.05, 0.1) is 23.1 Å². The van der Waals surface area contributed by atoms with Crippen LogP contribution in [0.25, 0.3) is 11.4 Å². The molecule has 1 fully saturated rings. The lowest BCUT2D eigenvalue weighted by molar-refractivity contribution is 0.360. The van der Waals surface area contributed by atoms with Crippen molar-refractivity contribution in [2.24, 2.45) is 0 Å². The van der Waals surface area contributed by atoms with Gasteiger partial charge in [0.15, 0.2) is 9.84 Å². The average Bonchev–Trinajstić information content (AvgIpc) is 3.03. The summed E-state index contributed by atoms with van der Waals surface area (Å²) in [4.78, 5) is 4.26. The van der Waals surface area contributed by atoms with Gasteiger partial charge in [-0.25, -0.2) is 8.42 Å². The van der Waals surface area contributed by atoms with E-state index >= 15 is 0 Å². The maximum absolute atomic E-state index is 11.4. The van der Waals surface area contributed by atoms with Crippen LogP contribution in [0.1, 0.15) is 12.3 Å². The van der Waals surface area contributed by atoms with E-state index < -0.39 is 9.84 Å². The van der Waals surface area contributed by atoms with Crippen molar-refractivity contribution in [3.63, 3.8) is 0 Å². The fraction of sp³-hybridized carbons (Fsp3) is 0.385. The highest BCUT2D eigenvalue weighted by molar-refractivity contribution is 7.91. The Hall–Kier alpha value is -1.44. The highest BCUT2D eigenvalue weighted by Crippen LogP contribution is 2.24. The van der Waals surface area contributed by atoms with E-state index in [1.54, 1.807) is 6.07 Å². The average molecular weight is 328 g/mol. The predicted molar refractivity (Wildman–Crippen MR) is 78.6 cm³/mol. The van der Waals surface area contributed by atoms with E-state index in [9.17, 15) is 8.42 Å². The minimum absolute atomic E-state index is 0.0503. The highest BCUT2D eigenvalue weighted by atomic mass is 35.5. The van der Waals surface area contributed by atoms with Crippen molar-refractivity contribution in [1.82, 2.24) is 15.5 Å². The number of halogens is 1. The summed E-state index contributed by atoms with van der Waals surface area (Å²) in [7, 11) is -2.89. The minimum atomic E-state index is -2.89. The first-order valence-corrected chi connectivity index (χ1v) is 8.75. The molecule has 0 radical (unpaired) electrons. The quantitative estimate of drug-likeness (QED) is 0.919. The molecule has 2 heterocycles. The van der Waals surface area contributed by atoms with Gasteiger partial charge in [-0.1, -0.05) is 28.9 Å². The lowest BCUT2D eigenvalue weighted by Crippen LogP contribution is -2.29. The molecular formula is C13H14ClN3O3S. The molecule has 6 nitrogen and oxygen atoms in total. The molecule has 0 saturated carbocycles. The van der Waals surface area contributed by atoms with Crippen LogP contribution in [-0.4, -0.2) is 36.1 Å². The Labute approximate surface area is 127 Å². The van der Waals surface area contributed by atoms with Crippen LogP contribution < -0.4 is 5.32 Å². The fourth-order valence-electron chi connectivity index (χ4n) is 2.27. The third kappa shape index (κ3) is 3.42. The molecule has 0 spiro atoms. The molecule has 21 heavy (non-hydrogen) atoms. The van der Waals surface area contributed by atoms with Crippen LogP contribution in [0.2, 0.25) is 5.02 Å². The zero-order chi connectivity index (χ0) is 14.9. The largest absolute Gasteiger partial charge is 0.338 e. The SMILES string of the molecule is O=S1(=O)CCC(NCc2nc(-c3ccccc3Cl)no2)C1. The van der Waals surface area contributed by atoms with Crippen LogP contribution in [-0.2, 0) is 16.4 Å². The van der Waals surface area contributed by atoms with Gasteiger partial charge < -0.3 is 9.84 Å². The van der Waals surface area contributed by atoms with Crippen LogP contribution in [0.5, 0.6) is 0 Å². The third-order valence-corrected chi connectivity index (χ3v) is 5.45. The van der Waals surface area contributed by atoms with Crippen molar-refractivity contribution in [2.75, 3.05) is 11.5 Å². The topological polar surface area (TPSA) is 85.1 Å². The Morgan fingerprint density at radius 3 is 2.90 bits per heavy atom. The van der Waals surface area contributed by atoms with E-state index in [-0.39, 0.29) is 17.5 Å². The van der Waals surface area contributed by atoms with Crippen LogP contribution in [0.3, 0.4) is 0 Å². The van der Waals surface area contributed by atoms with Gasteiger partial charge in [0.25, 0.3) is 0 Å². The first-order valence-electron chi connectivity index (χ1n) is 6.55. The summed E-state index contributed by atoms with van der Waals surface area (Å²) in [5, 5.41) is 7.57. The molecule has 2 aromatic rings. The summed E-state index contributed by atoms with van der Waals surface area (Å²) in [6.45, 7) is 0.345. The molecule has 0 amide bonds. The molecule has 1 aromatic carbocycles. The van der Waals surface area contributed by atoms with Crippen LogP contribution >= 0.6 is 11.6 Å². The number of nitrogens with one attached hydrogen (secondary N) is 1. The van der Waals surface area contributed by atoms with E-state index in [0.29, 0.717) is 35.3 Å². The second-order valence-electron chi connectivity index (χ2n) is 4.97. The molecule has 1 unspecified atom stereocenters. The van der Waals surface area contributed by atoms with Crippen molar-refractivity contribution in [3.05, 3.63) is 35.2 Å². The number of benzene rings is 1.